The predicted molar refractivity (Wildman–Crippen MR) is 179 cm³/mol. The van der Waals surface area contributed by atoms with Crippen LogP contribution in [0, 0.1) is 17.3 Å². The summed E-state index contributed by atoms with van der Waals surface area (Å²) in [4.78, 5) is 29.7. The maximum Gasteiger partial charge on any atom is 0.0477 e. The maximum absolute atomic E-state index is 13.4. The molecule has 0 N–H and O–H groups in total. The van der Waals surface area contributed by atoms with Crippen LogP contribution in [0.2, 0.25) is 0 Å². The Morgan fingerprint density at radius 1 is 0.659 bits per heavy atom. The molecule has 0 aliphatic carbocycles. The maximum atomic E-state index is 13.4. The number of aliphatic carboxylic acids is 2. The summed E-state index contributed by atoms with van der Waals surface area (Å²) in [7, 11) is 0. The van der Waals surface area contributed by atoms with Gasteiger partial charge in [-0.05, 0) is 123 Å². The Balaban J connectivity index is 2.39. The van der Waals surface area contributed by atoms with Crippen molar-refractivity contribution >= 4 is 11.9 Å². The lowest BCUT2D eigenvalue weighted by molar-refractivity contribution is -0.321. The summed E-state index contributed by atoms with van der Waals surface area (Å²) in [6, 6.07) is 0. The Labute approximate surface area is 272 Å². The van der Waals surface area contributed by atoms with Gasteiger partial charge in [-0.25, -0.2) is 0 Å². The molecule has 0 aromatic rings. The molecule has 0 spiro atoms. The van der Waals surface area contributed by atoms with Crippen molar-refractivity contribution in [2.75, 3.05) is 13.1 Å². The standard InChI is InChI=1S/C38H72N2O4/c1-11-34(7)24-21-30(5)36(9,13-3)39(34)28-26-38(33(43)44,23-19-17-15-16-18-20-32(41)42)27-29-40-35(8,12-2)25-22-31(6)37(40,10)14-4/h30-31H,11-29H2,1-10H3,(H,41,42)(H,43,44)/p-2. The number of carbonyl (C=O) groups is 2. The minimum atomic E-state index is -0.989. The second-order valence-corrected chi connectivity index (χ2v) is 16.0. The Bertz CT molecular complexity index is 875. The predicted octanol–water partition coefficient (Wildman–Crippen LogP) is 7.12. The molecule has 0 aromatic heterocycles. The quantitative estimate of drug-likeness (QED) is 0.143. The molecular formula is C38H70N2O4-2. The molecule has 2 fully saturated rings. The van der Waals surface area contributed by atoms with E-state index in [0.29, 0.717) is 37.5 Å². The summed E-state index contributed by atoms with van der Waals surface area (Å²) >= 11 is 0. The second kappa shape index (κ2) is 16.1. The number of rotatable bonds is 19. The zero-order valence-electron chi connectivity index (χ0n) is 30.6. The van der Waals surface area contributed by atoms with E-state index in [1.165, 1.54) is 12.8 Å². The molecule has 6 unspecified atom stereocenters. The fraction of sp³-hybridized carbons (Fsp3) is 0.947. The number of piperidine rings is 2. The molecule has 258 valence electrons. The molecule has 6 heteroatoms. The van der Waals surface area contributed by atoms with Crippen LogP contribution in [0.3, 0.4) is 0 Å². The third-order valence-corrected chi connectivity index (χ3v) is 13.9. The lowest BCUT2D eigenvalue weighted by atomic mass is 9.67. The van der Waals surface area contributed by atoms with Gasteiger partial charge in [0.1, 0.15) is 0 Å². The van der Waals surface area contributed by atoms with E-state index >= 15 is 0 Å². The molecule has 0 aromatic carbocycles. The van der Waals surface area contributed by atoms with Gasteiger partial charge >= 0.3 is 0 Å². The molecule has 2 heterocycles. The molecule has 6 atom stereocenters. The van der Waals surface area contributed by atoms with Crippen LogP contribution in [0.1, 0.15) is 178 Å². The number of carboxylic acid groups (broad SMARTS) is 2. The molecule has 2 saturated heterocycles. The van der Waals surface area contributed by atoms with Gasteiger partial charge < -0.3 is 19.8 Å². The number of nitrogens with zero attached hydrogens (tertiary/aromatic N) is 2. The Morgan fingerprint density at radius 3 is 1.43 bits per heavy atom. The van der Waals surface area contributed by atoms with Gasteiger partial charge in [0, 0.05) is 52.6 Å². The summed E-state index contributed by atoms with van der Waals surface area (Å²) < 4.78 is 0. The van der Waals surface area contributed by atoms with E-state index in [1.807, 2.05) is 0 Å². The van der Waals surface area contributed by atoms with Crippen LogP contribution in [0.25, 0.3) is 0 Å². The zero-order valence-corrected chi connectivity index (χ0v) is 30.6. The van der Waals surface area contributed by atoms with E-state index in [2.05, 4.69) is 79.0 Å². The third kappa shape index (κ3) is 8.41. The number of carboxylic acids is 2. The topological polar surface area (TPSA) is 86.7 Å². The van der Waals surface area contributed by atoms with Crippen LogP contribution in [0.5, 0.6) is 0 Å². The highest BCUT2D eigenvalue weighted by Crippen LogP contribution is 2.49. The number of likely N-dealkylation sites (tertiary alicyclic amines) is 2. The van der Waals surface area contributed by atoms with Gasteiger partial charge in [0.05, 0.1) is 0 Å². The fourth-order valence-electron chi connectivity index (χ4n) is 9.17. The molecule has 2 aliphatic heterocycles. The average Bonchev–Trinajstić information content (AvgIpc) is 2.99. The number of hydrogen-bond acceptors (Lipinski definition) is 6. The fourth-order valence-corrected chi connectivity index (χ4v) is 9.17. The van der Waals surface area contributed by atoms with E-state index in [0.717, 1.165) is 77.3 Å². The molecule has 0 bridgehead atoms. The van der Waals surface area contributed by atoms with E-state index < -0.39 is 17.4 Å². The van der Waals surface area contributed by atoms with Crippen molar-refractivity contribution in [1.29, 1.82) is 0 Å². The summed E-state index contributed by atoms with van der Waals surface area (Å²) in [6.45, 7) is 25.1. The normalized spacial score (nSPS) is 35.0. The molecule has 0 amide bonds. The molecule has 44 heavy (non-hydrogen) atoms. The minimum absolute atomic E-state index is 0.0452. The largest absolute Gasteiger partial charge is 0.550 e. The smallest absolute Gasteiger partial charge is 0.0477 e. The van der Waals surface area contributed by atoms with Gasteiger partial charge in [0.25, 0.3) is 0 Å². The summed E-state index contributed by atoms with van der Waals surface area (Å²) in [5.41, 5.74) is -0.665. The van der Waals surface area contributed by atoms with Gasteiger partial charge in [-0.3, -0.25) is 9.80 Å². The van der Waals surface area contributed by atoms with Gasteiger partial charge in [0.15, 0.2) is 0 Å². The second-order valence-electron chi connectivity index (χ2n) is 16.0. The van der Waals surface area contributed by atoms with Gasteiger partial charge in [-0.2, -0.15) is 0 Å². The third-order valence-electron chi connectivity index (χ3n) is 13.9. The lowest BCUT2D eigenvalue weighted by Gasteiger charge is -2.60. The number of carbonyl (C=O) groups excluding carboxylic acids is 2. The van der Waals surface area contributed by atoms with Gasteiger partial charge in [-0.1, -0.05) is 67.2 Å². The first-order valence-corrected chi connectivity index (χ1v) is 18.5. The SMILES string of the molecule is CCC1(C)CCC(C)C(C)(CC)N1CCC(CCCCCCCC(=O)[O-])(CCN1C(C)(CC)CCC(C)C1(C)CC)C(=O)[O-]. The lowest BCUT2D eigenvalue weighted by Crippen LogP contribution is -2.65. The van der Waals surface area contributed by atoms with Crippen LogP contribution in [0.4, 0.5) is 0 Å². The first kappa shape index (κ1) is 39.0. The highest BCUT2D eigenvalue weighted by Gasteiger charge is 2.51. The zero-order chi connectivity index (χ0) is 33.4. The van der Waals surface area contributed by atoms with E-state index in [4.69, 9.17) is 0 Å². The van der Waals surface area contributed by atoms with Crippen molar-refractivity contribution in [3.63, 3.8) is 0 Å². The van der Waals surface area contributed by atoms with Gasteiger partial charge in [0.2, 0.25) is 0 Å². The summed E-state index contributed by atoms with van der Waals surface area (Å²) in [5.74, 6) is -0.736. The van der Waals surface area contributed by atoms with Gasteiger partial charge in [-0.15, -0.1) is 0 Å². The monoisotopic (exact) mass is 619 g/mol. The van der Waals surface area contributed by atoms with Crippen molar-refractivity contribution in [2.45, 2.75) is 201 Å². The summed E-state index contributed by atoms with van der Waals surface area (Å²) in [5, 5.41) is 24.3. The van der Waals surface area contributed by atoms with E-state index in [-0.39, 0.29) is 28.6 Å². The average molecular weight is 619 g/mol. The molecule has 2 aliphatic rings. The van der Waals surface area contributed by atoms with Crippen LogP contribution in [0.15, 0.2) is 0 Å². The van der Waals surface area contributed by atoms with E-state index in [9.17, 15) is 19.8 Å². The van der Waals surface area contributed by atoms with Crippen LogP contribution >= 0.6 is 0 Å². The van der Waals surface area contributed by atoms with Crippen molar-refractivity contribution in [3.05, 3.63) is 0 Å². The van der Waals surface area contributed by atoms with Crippen LogP contribution < -0.4 is 10.2 Å². The van der Waals surface area contributed by atoms with Crippen molar-refractivity contribution < 1.29 is 19.8 Å². The minimum Gasteiger partial charge on any atom is -0.550 e. The number of unbranched alkanes of at least 4 members (excludes halogenated alkanes) is 4. The molecular weight excluding hydrogens is 548 g/mol. The highest BCUT2D eigenvalue weighted by atomic mass is 16.4. The Kier molecular flexibility index (Phi) is 14.3. The van der Waals surface area contributed by atoms with Crippen LogP contribution in [-0.2, 0) is 9.59 Å². The molecule has 0 saturated carbocycles. The Hall–Kier alpha value is -1.14. The Morgan fingerprint density at radius 2 is 1.07 bits per heavy atom. The molecule has 6 nitrogen and oxygen atoms in total. The van der Waals surface area contributed by atoms with Crippen molar-refractivity contribution in [2.24, 2.45) is 17.3 Å². The van der Waals surface area contributed by atoms with E-state index in [1.54, 1.807) is 0 Å². The highest BCUT2D eigenvalue weighted by molar-refractivity contribution is 5.72. The molecule has 0 radical (unpaired) electrons. The first-order valence-electron chi connectivity index (χ1n) is 18.5. The van der Waals surface area contributed by atoms with Crippen molar-refractivity contribution in [1.82, 2.24) is 9.80 Å². The van der Waals surface area contributed by atoms with Crippen LogP contribution in [-0.4, -0.2) is 57.0 Å². The van der Waals surface area contributed by atoms with Crippen molar-refractivity contribution in [3.8, 4) is 0 Å². The first-order chi connectivity index (χ1) is 20.5. The summed E-state index contributed by atoms with van der Waals surface area (Å²) in [6.07, 6.45) is 15.1. The molecule has 2 rings (SSSR count). The number of hydrogen-bond donors (Lipinski definition) is 0.